The largest absolute Gasteiger partial charge is 0.383 e. The number of nitrogens with one attached hydrogen (secondary N) is 1. The van der Waals surface area contributed by atoms with Gasteiger partial charge in [-0.3, -0.25) is 0 Å². The molecule has 0 amide bonds. The fourth-order valence-electron chi connectivity index (χ4n) is 0.749. The van der Waals surface area contributed by atoms with Gasteiger partial charge in [-0.1, -0.05) is 0 Å². The smallest absolute Gasteiger partial charge is 0.226 e. The lowest BCUT2D eigenvalue weighted by Gasteiger charge is -2.03. The highest BCUT2D eigenvalue weighted by atomic mass is 15.1. The minimum absolute atomic E-state index is 0.349. The standard InChI is InChI=1S/C6H12N6/c7-1-2-10-6-11-4(8)3-5(9)12-6/h3H,1-2,7H2,(H5,8,9,10,11,12). The summed E-state index contributed by atoms with van der Waals surface area (Å²) in [5.74, 6) is 1.11. The van der Waals surface area contributed by atoms with Crippen molar-refractivity contribution in [3.05, 3.63) is 6.07 Å². The summed E-state index contributed by atoms with van der Waals surface area (Å²) in [6.45, 7) is 1.11. The van der Waals surface area contributed by atoms with Crippen LogP contribution in [-0.4, -0.2) is 23.1 Å². The molecule has 0 aliphatic carbocycles. The highest BCUT2D eigenvalue weighted by Crippen LogP contribution is 2.06. The zero-order valence-electron chi connectivity index (χ0n) is 6.62. The molecular weight excluding hydrogens is 156 g/mol. The van der Waals surface area contributed by atoms with Crippen LogP contribution in [0.15, 0.2) is 6.07 Å². The number of nitrogens with two attached hydrogens (primary N) is 3. The van der Waals surface area contributed by atoms with Crippen molar-refractivity contribution in [3.63, 3.8) is 0 Å². The zero-order chi connectivity index (χ0) is 8.97. The van der Waals surface area contributed by atoms with E-state index in [1.54, 1.807) is 0 Å². The molecule has 0 aliphatic heterocycles. The third-order valence-corrected chi connectivity index (χ3v) is 1.19. The minimum atomic E-state index is 0.349. The van der Waals surface area contributed by atoms with E-state index in [0.717, 1.165) is 0 Å². The fourth-order valence-corrected chi connectivity index (χ4v) is 0.749. The van der Waals surface area contributed by atoms with E-state index in [2.05, 4.69) is 15.3 Å². The Bertz CT molecular complexity index is 240. The molecule has 7 N–H and O–H groups in total. The summed E-state index contributed by atoms with van der Waals surface area (Å²) in [6, 6.07) is 1.49. The monoisotopic (exact) mass is 168 g/mol. The Morgan fingerprint density at radius 1 is 1.25 bits per heavy atom. The molecule has 1 heterocycles. The van der Waals surface area contributed by atoms with Gasteiger partial charge in [-0.15, -0.1) is 0 Å². The first-order valence-electron chi connectivity index (χ1n) is 3.56. The summed E-state index contributed by atoms with van der Waals surface area (Å²) in [5, 5.41) is 2.87. The molecule has 1 aromatic heterocycles. The molecule has 0 unspecified atom stereocenters. The van der Waals surface area contributed by atoms with Gasteiger partial charge in [0.1, 0.15) is 11.6 Å². The molecule has 0 aliphatic rings. The van der Waals surface area contributed by atoms with Gasteiger partial charge in [-0.05, 0) is 0 Å². The Hall–Kier alpha value is -1.56. The van der Waals surface area contributed by atoms with Crippen LogP contribution in [0.4, 0.5) is 17.6 Å². The number of aromatic nitrogens is 2. The van der Waals surface area contributed by atoms with E-state index in [1.807, 2.05) is 0 Å². The van der Waals surface area contributed by atoms with Crippen molar-refractivity contribution < 1.29 is 0 Å². The number of nitrogen functional groups attached to an aromatic ring is 2. The number of nitrogens with zero attached hydrogens (tertiary/aromatic N) is 2. The van der Waals surface area contributed by atoms with Crippen LogP contribution < -0.4 is 22.5 Å². The summed E-state index contributed by atoms with van der Waals surface area (Å²) in [7, 11) is 0. The molecule has 1 rings (SSSR count). The molecule has 0 radical (unpaired) electrons. The van der Waals surface area contributed by atoms with E-state index in [1.165, 1.54) is 6.07 Å². The summed E-state index contributed by atoms with van der Waals surface area (Å²) < 4.78 is 0. The van der Waals surface area contributed by atoms with Crippen molar-refractivity contribution in [3.8, 4) is 0 Å². The van der Waals surface area contributed by atoms with Crippen molar-refractivity contribution in [1.29, 1.82) is 0 Å². The van der Waals surface area contributed by atoms with Crippen LogP contribution >= 0.6 is 0 Å². The van der Waals surface area contributed by atoms with Crippen LogP contribution in [0.5, 0.6) is 0 Å². The van der Waals surface area contributed by atoms with E-state index in [4.69, 9.17) is 17.2 Å². The molecule has 1 aromatic rings. The maximum absolute atomic E-state index is 5.43. The molecule has 0 saturated heterocycles. The molecule has 0 fully saturated rings. The third kappa shape index (κ3) is 2.24. The van der Waals surface area contributed by atoms with Crippen LogP contribution in [-0.2, 0) is 0 Å². The van der Waals surface area contributed by atoms with Gasteiger partial charge in [-0.2, -0.15) is 9.97 Å². The maximum Gasteiger partial charge on any atom is 0.226 e. The Kier molecular flexibility index (Phi) is 2.65. The van der Waals surface area contributed by atoms with Crippen molar-refractivity contribution in [2.45, 2.75) is 0 Å². The van der Waals surface area contributed by atoms with E-state index in [0.29, 0.717) is 30.7 Å². The van der Waals surface area contributed by atoms with Crippen LogP contribution in [0.1, 0.15) is 0 Å². The molecule has 6 heteroatoms. The molecule has 6 nitrogen and oxygen atoms in total. The Balaban J connectivity index is 2.72. The van der Waals surface area contributed by atoms with E-state index in [-0.39, 0.29) is 0 Å². The lowest BCUT2D eigenvalue weighted by atomic mass is 10.5. The van der Waals surface area contributed by atoms with E-state index >= 15 is 0 Å². The first-order valence-corrected chi connectivity index (χ1v) is 3.56. The van der Waals surface area contributed by atoms with Gasteiger partial charge in [0.2, 0.25) is 5.95 Å². The number of anilines is 3. The quantitative estimate of drug-likeness (QED) is 0.460. The normalized spacial score (nSPS) is 9.75. The molecule has 66 valence electrons. The van der Waals surface area contributed by atoms with Crippen LogP contribution in [0.2, 0.25) is 0 Å². The van der Waals surface area contributed by atoms with Gasteiger partial charge in [0.15, 0.2) is 0 Å². The Labute approximate surface area is 70.2 Å². The van der Waals surface area contributed by atoms with E-state index < -0.39 is 0 Å². The number of hydrogen-bond donors (Lipinski definition) is 4. The number of rotatable bonds is 3. The molecule has 0 bridgehead atoms. The number of hydrogen-bond acceptors (Lipinski definition) is 6. The first-order chi connectivity index (χ1) is 5.72. The van der Waals surface area contributed by atoms with Crippen molar-refractivity contribution >= 4 is 17.6 Å². The molecule has 0 aromatic carbocycles. The average Bonchev–Trinajstić information content (AvgIpc) is 1.99. The lowest BCUT2D eigenvalue weighted by Crippen LogP contribution is -2.15. The second-order valence-corrected chi connectivity index (χ2v) is 2.26. The predicted octanol–water partition coefficient (Wildman–Crippen LogP) is -0.988. The van der Waals surface area contributed by atoms with Crippen molar-refractivity contribution in [1.82, 2.24) is 9.97 Å². The highest BCUT2D eigenvalue weighted by molar-refractivity contribution is 5.46. The third-order valence-electron chi connectivity index (χ3n) is 1.19. The van der Waals surface area contributed by atoms with Crippen LogP contribution in [0.3, 0.4) is 0 Å². The summed E-state index contributed by atoms with van der Waals surface area (Å²) in [6.07, 6.45) is 0. The molecule has 0 saturated carbocycles. The van der Waals surface area contributed by atoms with Gasteiger partial charge in [-0.25, -0.2) is 0 Å². The first kappa shape index (κ1) is 8.54. The highest BCUT2D eigenvalue weighted by Gasteiger charge is 1.97. The van der Waals surface area contributed by atoms with Crippen LogP contribution in [0, 0.1) is 0 Å². The Morgan fingerprint density at radius 2 is 1.83 bits per heavy atom. The maximum atomic E-state index is 5.43. The topological polar surface area (TPSA) is 116 Å². The second-order valence-electron chi connectivity index (χ2n) is 2.26. The van der Waals surface area contributed by atoms with Gasteiger partial charge in [0.25, 0.3) is 0 Å². The molecule has 12 heavy (non-hydrogen) atoms. The van der Waals surface area contributed by atoms with Gasteiger partial charge in [0, 0.05) is 19.2 Å². The SMILES string of the molecule is NCCNc1nc(N)cc(N)n1. The zero-order valence-corrected chi connectivity index (χ0v) is 6.62. The van der Waals surface area contributed by atoms with E-state index in [9.17, 15) is 0 Å². The summed E-state index contributed by atoms with van der Waals surface area (Å²) in [5.41, 5.74) is 16.1. The molecular formula is C6H12N6. The van der Waals surface area contributed by atoms with Crippen molar-refractivity contribution in [2.75, 3.05) is 29.9 Å². The molecule has 0 atom stereocenters. The Morgan fingerprint density at radius 3 is 2.33 bits per heavy atom. The lowest BCUT2D eigenvalue weighted by molar-refractivity contribution is 0.993. The van der Waals surface area contributed by atoms with Gasteiger partial charge >= 0.3 is 0 Å². The van der Waals surface area contributed by atoms with Gasteiger partial charge in [0.05, 0.1) is 0 Å². The molecule has 0 spiro atoms. The van der Waals surface area contributed by atoms with Gasteiger partial charge < -0.3 is 22.5 Å². The fraction of sp³-hybridized carbons (Fsp3) is 0.333. The minimum Gasteiger partial charge on any atom is -0.383 e. The second kappa shape index (κ2) is 3.72. The van der Waals surface area contributed by atoms with Crippen molar-refractivity contribution in [2.24, 2.45) is 5.73 Å². The summed E-state index contributed by atoms with van der Waals surface area (Å²) in [4.78, 5) is 7.78. The predicted molar refractivity (Wildman–Crippen MR) is 48.4 cm³/mol. The summed E-state index contributed by atoms with van der Waals surface area (Å²) >= 11 is 0. The van der Waals surface area contributed by atoms with Crippen LogP contribution in [0.25, 0.3) is 0 Å². The average molecular weight is 168 g/mol.